The first kappa shape index (κ1) is 22.8. The Hall–Kier alpha value is -4.98. The average Bonchev–Trinajstić information content (AvgIpc) is 2.90. The zero-order chi connectivity index (χ0) is 25.1. The Morgan fingerprint density at radius 2 is 1.69 bits per heavy atom. The summed E-state index contributed by atoms with van der Waals surface area (Å²) in [6, 6.07) is 22.0. The predicted octanol–water partition coefficient (Wildman–Crippen LogP) is 3.96. The van der Waals surface area contributed by atoms with E-state index < -0.39 is 11.7 Å². The molecule has 3 aromatic heterocycles. The minimum absolute atomic E-state index is 0.260. The van der Waals surface area contributed by atoms with Crippen LogP contribution in [0.2, 0.25) is 0 Å². The van der Waals surface area contributed by atoms with Crippen LogP contribution < -0.4 is 10.9 Å². The Bertz CT molecular complexity index is 1660. The fraction of sp³-hybridized carbons (Fsp3) is 0.0714. The van der Waals surface area contributed by atoms with Gasteiger partial charge in [0.05, 0.1) is 5.69 Å². The molecule has 0 aliphatic heterocycles. The van der Waals surface area contributed by atoms with Crippen LogP contribution >= 0.6 is 0 Å². The second-order valence-corrected chi connectivity index (χ2v) is 8.22. The number of fused-ring (bicyclic) bond motifs is 1. The molecule has 2 aromatic carbocycles. The Balaban J connectivity index is 1.60. The van der Waals surface area contributed by atoms with E-state index in [1.54, 1.807) is 47.4 Å². The van der Waals surface area contributed by atoms with Crippen molar-refractivity contribution in [3.05, 3.63) is 113 Å². The van der Waals surface area contributed by atoms with E-state index in [4.69, 9.17) is 0 Å². The van der Waals surface area contributed by atoms with Gasteiger partial charge in [-0.25, -0.2) is 9.97 Å². The number of ketones is 1. The van der Waals surface area contributed by atoms with Crippen LogP contribution in [0, 0.1) is 0 Å². The third-order valence-electron chi connectivity index (χ3n) is 5.66. The lowest BCUT2D eigenvalue weighted by atomic mass is 10.0. The highest BCUT2D eigenvalue weighted by Gasteiger charge is 2.15. The molecular formula is C28H21N5O3. The number of rotatable bonds is 6. The Morgan fingerprint density at radius 3 is 2.47 bits per heavy atom. The standard InChI is InChI=1S/C28H21N5O3/c1-18(34)27(35)31-22-9-2-7-20(15-22)21-8-3-10-23(16-21)33-26-24(11-5-13-30-26)32-25(28(33)36)14-19-6-4-12-29-17-19/h2-13,15-17H,14H2,1H3,(H,31,35). The molecule has 0 atom stereocenters. The summed E-state index contributed by atoms with van der Waals surface area (Å²) in [6.45, 7) is 1.22. The molecule has 0 unspecified atom stereocenters. The summed E-state index contributed by atoms with van der Waals surface area (Å²) in [5.74, 6) is -1.25. The lowest BCUT2D eigenvalue weighted by Crippen LogP contribution is -2.25. The van der Waals surface area contributed by atoms with Gasteiger partial charge < -0.3 is 5.32 Å². The highest BCUT2D eigenvalue weighted by molar-refractivity contribution is 6.39. The third kappa shape index (κ3) is 4.65. The van der Waals surface area contributed by atoms with Gasteiger partial charge >= 0.3 is 0 Å². The summed E-state index contributed by atoms with van der Waals surface area (Å²) in [7, 11) is 0. The third-order valence-corrected chi connectivity index (χ3v) is 5.66. The van der Waals surface area contributed by atoms with Gasteiger partial charge in [-0.05, 0) is 59.2 Å². The summed E-state index contributed by atoms with van der Waals surface area (Å²) in [5, 5.41) is 2.59. The van der Waals surface area contributed by atoms with Gasteiger partial charge in [0, 0.05) is 37.6 Å². The van der Waals surface area contributed by atoms with E-state index in [9.17, 15) is 14.4 Å². The first-order valence-electron chi connectivity index (χ1n) is 11.3. The number of aromatic nitrogens is 4. The first-order chi connectivity index (χ1) is 17.5. The van der Waals surface area contributed by atoms with Gasteiger partial charge in [-0.2, -0.15) is 0 Å². The lowest BCUT2D eigenvalue weighted by Gasteiger charge is -2.13. The molecule has 0 aliphatic carbocycles. The van der Waals surface area contributed by atoms with Gasteiger partial charge in [0.25, 0.3) is 11.5 Å². The van der Waals surface area contributed by atoms with E-state index in [-0.39, 0.29) is 5.56 Å². The maximum absolute atomic E-state index is 13.6. The molecule has 0 bridgehead atoms. The molecule has 36 heavy (non-hydrogen) atoms. The summed E-state index contributed by atoms with van der Waals surface area (Å²) >= 11 is 0. The van der Waals surface area contributed by atoms with Crippen molar-refractivity contribution in [3.8, 4) is 16.8 Å². The number of benzene rings is 2. The molecule has 5 rings (SSSR count). The highest BCUT2D eigenvalue weighted by Crippen LogP contribution is 2.25. The summed E-state index contributed by atoms with van der Waals surface area (Å²) in [4.78, 5) is 50.0. The van der Waals surface area contributed by atoms with Crippen LogP contribution in [-0.2, 0) is 16.0 Å². The van der Waals surface area contributed by atoms with Crippen LogP contribution in [0.25, 0.3) is 28.0 Å². The topological polar surface area (TPSA) is 107 Å². The van der Waals surface area contributed by atoms with Crippen LogP contribution in [0.15, 0.2) is 96.2 Å². The van der Waals surface area contributed by atoms with Crippen molar-refractivity contribution in [2.75, 3.05) is 5.32 Å². The van der Waals surface area contributed by atoms with E-state index in [1.165, 1.54) is 6.92 Å². The van der Waals surface area contributed by atoms with Crippen molar-refractivity contribution in [2.24, 2.45) is 0 Å². The van der Waals surface area contributed by atoms with Crippen LogP contribution in [0.3, 0.4) is 0 Å². The van der Waals surface area contributed by atoms with Gasteiger partial charge in [0.15, 0.2) is 5.65 Å². The summed E-state index contributed by atoms with van der Waals surface area (Å²) in [6.07, 6.45) is 5.38. The first-order valence-corrected chi connectivity index (χ1v) is 11.3. The largest absolute Gasteiger partial charge is 0.319 e. The zero-order valence-electron chi connectivity index (χ0n) is 19.4. The van der Waals surface area contributed by atoms with Gasteiger partial charge in [-0.15, -0.1) is 0 Å². The Labute approximate surface area is 206 Å². The van der Waals surface area contributed by atoms with Crippen molar-refractivity contribution in [1.29, 1.82) is 0 Å². The highest BCUT2D eigenvalue weighted by atomic mass is 16.2. The Kier molecular flexibility index (Phi) is 6.15. The fourth-order valence-electron chi connectivity index (χ4n) is 3.94. The number of carbonyl (C=O) groups is 2. The van der Waals surface area contributed by atoms with Crippen molar-refractivity contribution >= 4 is 28.5 Å². The number of hydrogen-bond acceptors (Lipinski definition) is 6. The molecule has 1 amide bonds. The molecule has 0 fully saturated rings. The molecule has 5 aromatic rings. The molecule has 0 spiro atoms. The molecule has 0 saturated heterocycles. The van der Waals surface area contributed by atoms with Gasteiger partial charge in [0.2, 0.25) is 5.78 Å². The smallest absolute Gasteiger partial charge is 0.291 e. The molecule has 3 heterocycles. The molecule has 0 aliphatic rings. The second kappa shape index (κ2) is 9.71. The number of nitrogens with one attached hydrogen (secondary N) is 1. The van der Waals surface area contributed by atoms with E-state index in [1.807, 2.05) is 48.5 Å². The van der Waals surface area contributed by atoms with E-state index in [0.29, 0.717) is 34.7 Å². The quantitative estimate of drug-likeness (QED) is 0.373. The van der Waals surface area contributed by atoms with E-state index in [2.05, 4.69) is 20.3 Å². The van der Waals surface area contributed by atoms with Crippen molar-refractivity contribution in [1.82, 2.24) is 19.5 Å². The SMILES string of the molecule is CC(=O)C(=O)Nc1cccc(-c2cccc(-n3c(=O)c(Cc4cccnc4)nc4cccnc43)c2)c1. The minimum atomic E-state index is -0.678. The van der Waals surface area contributed by atoms with Gasteiger partial charge in [0.1, 0.15) is 11.2 Å². The lowest BCUT2D eigenvalue weighted by molar-refractivity contribution is -0.133. The van der Waals surface area contributed by atoms with Gasteiger partial charge in [-0.3, -0.25) is 23.9 Å². The fourth-order valence-corrected chi connectivity index (χ4v) is 3.94. The van der Waals surface area contributed by atoms with Crippen LogP contribution in [0.5, 0.6) is 0 Å². The van der Waals surface area contributed by atoms with Crippen molar-refractivity contribution in [2.45, 2.75) is 13.3 Å². The number of Topliss-reactive ketones (excluding diaryl/α,β-unsaturated/α-hetero) is 1. The van der Waals surface area contributed by atoms with Crippen molar-refractivity contribution in [3.63, 3.8) is 0 Å². The molecule has 8 heteroatoms. The van der Waals surface area contributed by atoms with Crippen LogP contribution in [-0.4, -0.2) is 31.2 Å². The van der Waals surface area contributed by atoms with E-state index >= 15 is 0 Å². The molecule has 0 radical (unpaired) electrons. The van der Waals surface area contributed by atoms with Crippen LogP contribution in [0.4, 0.5) is 5.69 Å². The molecular weight excluding hydrogens is 454 g/mol. The molecule has 0 saturated carbocycles. The molecule has 1 N–H and O–H groups in total. The number of anilines is 1. The number of amides is 1. The molecule has 176 valence electrons. The normalized spacial score (nSPS) is 10.8. The number of nitrogens with zero attached hydrogens (tertiary/aromatic N) is 4. The zero-order valence-corrected chi connectivity index (χ0v) is 19.4. The number of carbonyl (C=O) groups excluding carboxylic acids is 2. The molecule has 8 nitrogen and oxygen atoms in total. The Morgan fingerprint density at radius 1 is 0.917 bits per heavy atom. The average molecular weight is 476 g/mol. The number of hydrogen-bond donors (Lipinski definition) is 1. The maximum atomic E-state index is 13.6. The number of pyridine rings is 2. The predicted molar refractivity (Wildman–Crippen MR) is 137 cm³/mol. The monoisotopic (exact) mass is 475 g/mol. The second-order valence-electron chi connectivity index (χ2n) is 8.22. The van der Waals surface area contributed by atoms with Crippen molar-refractivity contribution < 1.29 is 9.59 Å². The van der Waals surface area contributed by atoms with Crippen LogP contribution in [0.1, 0.15) is 18.2 Å². The minimum Gasteiger partial charge on any atom is -0.319 e. The summed E-state index contributed by atoms with van der Waals surface area (Å²) < 4.78 is 1.57. The van der Waals surface area contributed by atoms with E-state index in [0.717, 1.165) is 16.7 Å². The van der Waals surface area contributed by atoms with Gasteiger partial charge in [-0.1, -0.05) is 30.3 Å². The maximum Gasteiger partial charge on any atom is 0.291 e. The summed E-state index contributed by atoms with van der Waals surface area (Å²) in [5.41, 5.74) is 4.86.